The Morgan fingerprint density at radius 1 is 1.32 bits per heavy atom. The highest BCUT2D eigenvalue weighted by Crippen LogP contribution is 2.22. The molecule has 1 fully saturated rings. The highest BCUT2D eigenvalue weighted by atomic mass is 35.5. The number of sulfonamides is 1. The average Bonchev–Trinajstić information content (AvgIpc) is 2.40. The van der Waals surface area contributed by atoms with E-state index in [4.69, 9.17) is 16.9 Å². The minimum absolute atomic E-state index is 0. The number of nitriles is 1. The molecule has 1 aromatic carbocycles. The first kappa shape index (κ1) is 16.2. The predicted octanol–water partition coefficient (Wildman–Crippen LogP) is 1.23. The van der Waals surface area contributed by atoms with E-state index in [2.05, 4.69) is 5.32 Å². The van der Waals surface area contributed by atoms with Gasteiger partial charge in [0.25, 0.3) is 0 Å². The molecule has 8 heteroatoms. The van der Waals surface area contributed by atoms with Crippen molar-refractivity contribution in [1.82, 2.24) is 9.62 Å². The number of hydrogen-bond acceptors (Lipinski definition) is 4. The van der Waals surface area contributed by atoms with Crippen LogP contribution in [0.4, 0.5) is 0 Å². The van der Waals surface area contributed by atoms with Crippen LogP contribution in [-0.4, -0.2) is 38.9 Å². The maximum Gasteiger partial charge on any atom is 0.243 e. The summed E-state index contributed by atoms with van der Waals surface area (Å²) in [6.45, 7) is 2.15. The minimum atomic E-state index is -3.53. The van der Waals surface area contributed by atoms with Gasteiger partial charge in [-0.15, -0.1) is 12.4 Å². The molecule has 1 aliphatic heterocycles. The zero-order valence-corrected chi connectivity index (χ0v) is 12.4. The van der Waals surface area contributed by atoms with Gasteiger partial charge in [0, 0.05) is 26.2 Å². The van der Waals surface area contributed by atoms with Crippen molar-refractivity contribution in [3.63, 3.8) is 0 Å². The van der Waals surface area contributed by atoms with Gasteiger partial charge < -0.3 is 5.32 Å². The summed E-state index contributed by atoms with van der Waals surface area (Å²) < 4.78 is 26.0. The molecule has 0 atom stereocenters. The van der Waals surface area contributed by atoms with E-state index < -0.39 is 10.0 Å². The van der Waals surface area contributed by atoms with E-state index in [9.17, 15) is 8.42 Å². The molecule has 104 valence electrons. The topological polar surface area (TPSA) is 73.2 Å². The molecule has 0 spiro atoms. The van der Waals surface area contributed by atoms with Gasteiger partial charge >= 0.3 is 0 Å². The van der Waals surface area contributed by atoms with Crippen molar-refractivity contribution >= 4 is 34.0 Å². The first-order valence-corrected chi connectivity index (χ1v) is 7.28. The lowest BCUT2D eigenvalue weighted by Crippen LogP contribution is -2.46. The Kier molecular flexibility index (Phi) is 5.59. The molecule has 1 aliphatic rings. The second-order valence-corrected chi connectivity index (χ2v) is 6.25. The number of hydrogen-bond donors (Lipinski definition) is 1. The maximum absolute atomic E-state index is 12.3. The van der Waals surface area contributed by atoms with E-state index >= 15 is 0 Å². The molecule has 5 nitrogen and oxygen atoms in total. The van der Waals surface area contributed by atoms with E-state index in [1.807, 2.05) is 6.07 Å². The summed E-state index contributed by atoms with van der Waals surface area (Å²) in [4.78, 5) is 0.116. The van der Waals surface area contributed by atoms with Crippen molar-refractivity contribution < 1.29 is 8.42 Å². The van der Waals surface area contributed by atoms with Crippen molar-refractivity contribution in [3.05, 3.63) is 28.8 Å². The third kappa shape index (κ3) is 3.38. The van der Waals surface area contributed by atoms with Gasteiger partial charge in [0.15, 0.2) is 0 Å². The molecule has 19 heavy (non-hydrogen) atoms. The maximum atomic E-state index is 12.3. The lowest BCUT2D eigenvalue weighted by Gasteiger charge is -2.26. The van der Waals surface area contributed by atoms with Crippen LogP contribution in [0.25, 0.3) is 0 Å². The second-order valence-electron chi connectivity index (χ2n) is 3.91. The first-order valence-electron chi connectivity index (χ1n) is 5.46. The van der Waals surface area contributed by atoms with Crippen molar-refractivity contribution in [1.29, 1.82) is 5.26 Å². The lowest BCUT2D eigenvalue weighted by atomic mass is 10.2. The van der Waals surface area contributed by atoms with Gasteiger partial charge in [-0.25, -0.2) is 8.42 Å². The van der Waals surface area contributed by atoms with Gasteiger partial charge in [0.2, 0.25) is 10.0 Å². The predicted molar refractivity (Wildman–Crippen MR) is 75.0 cm³/mol. The molecule has 0 radical (unpaired) electrons. The Bertz CT molecular complexity index is 592. The summed E-state index contributed by atoms with van der Waals surface area (Å²) in [5.41, 5.74) is 0.174. The Morgan fingerprint density at radius 2 is 1.95 bits per heavy atom. The molecule has 1 saturated heterocycles. The normalized spacial score (nSPS) is 16.4. The van der Waals surface area contributed by atoms with Gasteiger partial charge in [-0.05, 0) is 18.2 Å². The van der Waals surface area contributed by atoms with Gasteiger partial charge in [-0.2, -0.15) is 9.57 Å². The number of piperazine rings is 1. The zero-order chi connectivity index (χ0) is 13.2. The SMILES string of the molecule is Cl.N#Cc1cc(S(=O)(=O)N2CCNCC2)ccc1Cl. The lowest BCUT2D eigenvalue weighted by molar-refractivity contribution is 0.360. The van der Waals surface area contributed by atoms with Crippen LogP contribution in [-0.2, 0) is 10.0 Å². The molecule has 0 aromatic heterocycles. The first-order chi connectivity index (χ1) is 8.55. The van der Waals surface area contributed by atoms with Crippen LogP contribution in [0.5, 0.6) is 0 Å². The number of benzene rings is 1. The van der Waals surface area contributed by atoms with Crippen LogP contribution in [0.15, 0.2) is 23.1 Å². The van der Waals surface area contributed by atoms with Crippen LogP contribution in [0.2, 0.25) is 5.02 Å². The molecule has 2 rings (SSSR count). The fraction of sp³-hybridized carbons (Fsp3) is 0.364. The van der Waals surface area contributed by atoms with E-state index in [1.54, 1.807) is 0 Å². The Hall–Kier alpha value is -0.840. The standard InChI is InChI=1S/C11H12ClN3O2S.ClH/c12-11-2-1-10(7-9(11)8-13)18(16,17)15-5-3-14-4-6-15;/h1-2,7,14H,3-6H2;1H. The minimum Gasteiger partial charge on any atom is -0.314 e. The Labute approximate surface area is 123 Å². The van der Waals surface area contributed by atoms with Crippen molar-refractivity contribution in [2.75, 3.05) is 26.2 Å². The molecule has 1 N–H and O–H groups in total. The largest absolute Gasteiger partial charge is 0.314 e. The number of nitrogens with zero attached hydrogens (tertiary/aromatic N) is 2. The number of rotatable bonds is 2. The molecule has 0 aliphatic carbocycles. The van der Waals surface area contributed by atoms with Gasteiger partial charge in [-0.3, -0.25) is 0 Å². The fourth-order valence-corrected chi connectivity index (χ4v) is 3.41. The Balaban J connectivity index is 0.00000180. The van der Waals surface area contributed by atoms with Crippen LogP contribution >= 0.6 is 24.0 Å². The van der Waals surface area contributed by atoms with Crippen LogP contribution in [0.1, 0.15) is 5.56 Å². The van der Waals surface area contributed by atoms with Crippen molar-refractivity contribution in [3.8, 4) is 6.07 Å². The quantitative estimate of drug-likeness (QED) is 0.889. The number of halogens is 2. The molecule has 1 aromatic rings. The van der Waals surface area contributed by atoms with Gasteiger partial charge in [-0.1, -0.05) is 11.6 Å². The fourth-order valence-electron chi connectivity index (χ4n) is 1.78. The van der Waals surface area contributed by atoms with Crippen molar-refractivity contribution in [2.24, 2.45) is 0 Å². The second kappa shape index (κ2) is 6.55. The zero-order valence-electron chi connectivity index (χ0n) is 9.97. The van der Waals surface area contributed by atoms with E-state index in [1.165, 1.54) is 22.5 Å². The monoisotopic (exact) mass is 321 g/mol. The van der Waals surface area contributed by atoms with E-state index in [0.29, 0.717) is 26.2 Å². The summed E-state index contributed by atoms with van der Waals surface area (Å²) in [6, 6.07) is 6.07. The summed E-state index contributed by atoms with van der Waals surface area (Å²) in [5.74, 6) is 0. The summed E-state index contributed by atoms with van der Waals surface area (Å²) in [5, 5.41) is 12.2. The average molecular weight is 322 g/mol. The molecule has 0 amide bonds. The smallest absolute Gasteiger partial charge is 0.243 e. The summed E-state index contributed by atoms with van der Waals surface area (Å²) >= 11 is 5.79. The van der Waals surface area contributed by atoms with Gasteiger partial charge in [0.1, 0.15) is 6.07 Å². The highest BCUT2D eigenvalue weighted by Gasteiger charge is 2.26. The Morgan fingerprint density at radius 3 is 2.53 bits per heavy atom. The third-order valence-corrected chi connectivity index (χ3v) is 5.00. The van der Waals surface area contributed by atoms with Crippen LogP contribution in [0.3, 0.4) is 0 Å². The third-order valence-electron chi connectivity index (χ3n) is 2.77. The molecule has 0 bridgehead atoms. The van der Waals surface area contributed by atoms with Gasteiger partial charge in [0.05, 0.1) is 15.5 Å². The molecular formula is C11H13Cl2N3O2S. The molecule has 0 unspecified atom stereocenters. The number of nitrogens with one attached hydrogen (secondary N) is 1. The van der Waals surface area contributed by atoms with Crippen molar-refractivity contribution in [2.45, 2.75) is 4.90 Å². The van der Waals surface area contributed by atoms with Crippen LogP contribution in [0, 0.1) is 11.3 Å². The van der Waals surface area contributed by atoms with E-state index in [-0.39, 0.29) is 27.9 Å². The molecule has 1 heterocycles. The van der Waals surface area contributed by atoms with Crippen LogP contribution < -0.4 is 5.32 Å². The molecular weight excluding hydrogens is 309 g/mol. The molecule has 0 saturated carbocycles. The summed E-state index contributed by atoms with van der Waals surface area (Å²) in [7, 11) is -3.53. The van der Waals surface area contributed by atoms with E-state index in [0.717, 1.165) is 0 Å². The summed E-state index contributed by atoms with van der Waals surface area (Å²) in [6.07, 6.45) is 0. The highest BCUT2D eigenvalue weighted by molar-refractivity contribution is 7.89.